The molecule has 0 aromatic heterocycles. The Labute approximate surface area is 126 Å². The minimum atomic E-state index is 0.0837. The van der Waals surface area contributed by atoms with E-state index in [-0.39, 0.29) is 5.91 Å². The Kier molecular flexibility index (Phi) is 4.25. The van der Waals surface area contributed by atoms with Gasteiger partial charge in [-0.05, 0) is 44.1 Å². The molecule has 3 rings (SSSR count). The number of para-hydroxylation sites is 1. The molecule has 0 radical (unpaired) electrons. The molecule has 0 atom stereocenters. The molecule has 2 aliphatic rings. The molecule has 1 N–H and O–H groups in total. The van der Waals surface area contributed by atoms with Crippen LogP contribution in [-0.2, 0) is 4.79 Å². The highest BCUT2D eigenvalue weighted by Gasteiger charge is 2.18. The average Bonchev–Trinajstić information content (AvgIpc) is 2.76. The molecule has 4 nitrogen and oxygen atoms in total. The fourth-order valence-corrected chi connectivity index (χ4v) is 3.05. The number of amides is 1. The number of benzene rings is 1. The number of carbonyl (C=O) groups is 1. The van der Waals surface area contributed by atoms with Gasteiger partial charge < -0.3 is 15.1 Å². The summed E-state index contributed by atoms with van der Waals surface area (Å²) in [7, 11) is 2.18. The Morgan fingerprint density at radius 2 is 2.00 bits per heavy atom. The van der Waals surface area contributed by atoms with Gasteiger partial charge in [-0.25, -0.2) is 0 Å². The van der Waals surface area contributed by atoms with Gasteiger partial charge in [-0.3, -0.25) is 4.79 Å². The highest BCUT2D eigenvalue weighted by molar-refractivity contribution is 6.00. The van der Waals surface area contributed by atoms with Crippen LogP contribution >= 0.6 is 0 Å². The van der Waals surface area contributed by atoms with E-state index in [9.17, 15) is 4.79 Å². The van der Waals surface area contributed by atoms with E-state index in [1.807, 2.05) is 6.07 Å². The van der Waals surface area contributed by atoms with Crippen LogP contribution in [0, 0.1) is 0 Å². The predicted octanol–water partition coefficient (Wildman–Crippen LogP) is 1.73. The van der Waals surface area contributed by atoms with Crippen molar-refractivity contribution in [3.8, 4) is 0 Å². The molecule has 2 heterocycles. The maximum Gasteiger partial charge on any atom is 0.247 e. The summed E-state index contributed by atoms with van der Waals surface area (Å²) in [6.07, 6.45) is 4.07. The highest BCUT2D eigenvalue weighted by atomic mass is 16.1. The van der Waals surface area contributed by atoms with Crippen LogP contribution < -0.4 is 10.2 Å². The average molecular weight is 285 g/mol. The van der Waals surface area contributed by atoms with E-state index in [2.05, 4.69) is 46.4 Å². The molecule has 1 aromatic rings. The Morgan fingerprint density at radius 1 is 1.14 bits per heavy atom. The van der Waals surface area contributed by atoms with Crippen LogP contribution in [-0.4, -0.2) is 50.6 Å². The first-order chi connectivity index (χ1) is 10.2. The number of likely N-dealkylation sites (N-methyl/N-ethyl adjacent to an activating group) is 1. The minimum absolute atomic E-state index is 0.0837. The van der Waals surface area contributed by atoms with Gasteiger partial charge >= 0.3 is 0 Å². The molecule has 2 aliphatic heterocycles. The van der Waals surface area contributed by atoms with E-state index in [1.165, 1.54) is 12.1 Å². The molecule has 0 aliphatic carbocycles. The molecule has 1 aromatic carbocycles. The monoisotopic (exact) mass is 285 g/mol. The Bertz CT molecular complexity index is 553. The van der Waals surface area contributed by atoms with Gasteiger partial charge in [0.05, 0.1) is 0 Å². The van der Waals surface area contributed by atoms with Gasteiger partial charge in [-0.15, -0.1) is 0 Å². The van der Waals surface area contributed by atoms with Crippen molar-refractivity contribution in [1.29, 1.82) is 0 Å². The fraction of sp³-hybridized carbons (Fsp3) is 0.471. The van der Waals surface area contributed by atoms with Crippen molar-refractivity contribution >= 4 is 17.7 Å². The molecule has 112 valence electrons. The van der Waals surface area contributed by atoms with Crippen LogP contribution in [0.2, 0.25) is 0 Å². The molecule has 2 saturated heterocycles. The Hall–Kier alpha value is -1.81. The van der Waals surface area contributed by atoms with Crippen molar-refractivity contribution in [2.24, 2.45) is 0 Å². The number of anilines is 1. The van der Waals surface area contributed by atoms with Gasteiger partial charge in [0.15, 0.2) is 0 Å². The standard InChI is InChI=1S/C17H23N3O/c1-19-9-4-10-20(12-11-19)16-6-3-2-5-14(16)13-15-7-8-18-17(15)21/h2-3,5-6,13H,4,7-12H2,1H3,(H,18,21). The second kappa shape index (κ2) is 6.31. The number of hydrogen-bond donors (Lipinski definition) is 1. The van der Waals surface area contributed by atoms with Crippen molar-refractivity contribution in [1.82, 2.24) is 10.2 Å². The van der Waals surface area contributed by atoms with E-state index in [0.29, 0.717) is 0 Å². The second-order valence-corrected chi connectivity index (χ2v) is 5.88. The van der Waals surface area contributed by atoms with E-state index >= 15 is 0 Å². The molecule has 2 fully saturated rings. The number of hydrogen-bond acceptors (Lipinski definition) is 3. The first-order valence-electron chi connectivity index (χ1n) is 7.75. The fourth-order valence-electron chi connectivity index (χ4n) is 3.05. The van der Waals surface area contributed by atoms with E-state index in [4.69, 9.17) is 0 Å². The normalized spacial score (nSPS) is 22.4. The van der Waals surface area contributed by atoms with Crippen molar-refractivity contribution in [2.45, 2.75) is 12.8 Å². The first kappa shape index (κ1) is 14.1. The first-order valence-corrected chi connectivity index (χ1v) is 7.75. The molecule has 1 amide bonds. The topological polar surface area (TPSA) is 35.6 Å². The predicted molar refractivity (Wildman–Crippen MR) is 86.4 cm³/mol. The molecular formula is C17H23N3O. The van der Waals surface area contributed by atoms with Crippen LogP contribution in [0.25, 0.3) is 6.08 Å². The lowest BCUT2D eigenvalue weighted by Gasteiger charge is -2.24. The number of nitrogens with zero attached hydrogens (tertiary/aromatic N) is 2. The lowest BCUT2D eigenvalue weighted by atomic mass is 10.1. The molecule has 4 heteroatoms. The zero-order valence-electron chi connectivity index (χ0n) is 12.6. The van der Waals surface area contributed by atoms with Crippen molar-refractivity contribution in [2.75, 3.05) is 44.7 Å². The smallest absolute Gasteiger partial charge is 0.247 e. The van der Waals surface area contributed by atoms with Gasteiger partial charge in [-0.2, -0.15) is 0 Å². The molecule has 21 heavy (non-hydrogen) atoms. The third-order valence-corrected chi connectivity index (χ3v) is 4.30. The SMILES string of the molecule is CN1CCCN(c2ccccc2C=C2CCNC2=O)CC1. The summed E-state index contributed by atoms with van der Waals surface area (Å²) in [5.74, 6) is 0.0837. The zero-order chi connectivity index (χ0) is 14.7. The van der Waals surface area contributed by atoms with Crippen LogP contribution in [0.5, 0.6) is 0 Å². The summed E-state index contributed by atoms with van der Waals surface area (Å²) in [5, 5.41) is 2.88. The van der Waals surface area contributed by atoms with Gasteiger partial charge in [0.2, 0.25) is 5.91 Å². The summed E-state index contributed by atoms with van der Waals surface area (Å²) >= 11 is 0. The highest BCUT2D eigenvalue weighted by Crippen LogP contribution is 2.25. The van der Waals surface area contributed by atoms with Gasteiger partial charge in [0.25, 0.3) is 0 Å². The summed E-state index contributed by atoms with van der Waals surface area (Å²) in [6, 6.07) is 8.42. The van der Waals surface area contributed by atoms with Crippen LogP contribution in [0.15, 0.2) is 29.8 Å². The molecule has 0 bridgehead atoms. The van der Waals surface area contributed by atoms with E-state index < -0.39 is 0 Å². The van der Waals surface area contributed by atoms with Gasteiger partial charge in [0.1, 0.15) is 0 Å². The third kappa shape index (κ3) is 3.27. The number of carbonyl (C=O) groups excluding carboxylic acids is 1. The maximum absolute atomic E-state index is 11.8. The largest absolute Gasteiger partial charge is 0.370 e. The summed E-state index contributed by atoms with van der Waals surface area (Å²) in [6.45, 7) is 5.13. The molecule has 0 unspecified atom stereocenters. The maximum atomic E-state index is 11.8. The number of nitrogens with one attached hydrogen (secondary N) is 1. The van der Waals surface area contributed by atoms with Crippen LogP contribution in [0.3, 0.4) is 0 Å². The van der Waals surface area contributed by atoms with E-state index in [0.717, 1.165) is 50.3 Å². The minimum Gasteiger partial charge on any atom is -0.370 e. The lowest BCUT2D eigenvalue weighted by molar-refractivity contribution is -0.116. The van der Waals surface area contributed by atoms with Crippen LogP contribution in [0.1, 0.15) is 18.4 Å². The van der Waals surface area contributed by atoms with Crippen molar-refractivity contribution < 1.29 is 4.79 Å². The Morgan fingerprint density at radius 3 is 2.81 bits per heavy atom. The lowest BCUT2D eigenvalue weighted by Crippen LogP contribution is -2.29. The third-order valence-electron chi connectivity index (χ3n) is 4.30. The second-order valence-electron chi connectivity index (χ2n) is 5.88. The quantitative estimate of drug-likeness (QED) is 0.841. The zero-order valence-corrected chi connectivity index (χ0v) is 12.6. The number of rotatable bonds is 2. The summed E-state index contributed by atoms with van der Waals surface area (Å²) in [5.41, 5.74) is 3.31. The van der Waals surface area contributed by atoms with E-state index in [1.54, 1.807) is 0 Å². The molecular weight excluding hydrogens is 262 g/mol. The van der Waals surface area contributed by atoms with Crippen molar-refractivity contribution in [3.05, 3.63) is 35.4 Å². The van der Waals surface area contributed by atoms with Gasteiger partial charge in [0, 0.05) is 37.4 Å². The summed E-state index contributed by atoms with van der Waals surface area (Å²) < 4.78 is 0. The van der Waals surface area contributed by atoms with Crippen LogP contribution in [0.4, 0.5) is 5.69 Å². The van der Waals surface area contributed by atoms with Gasteiger partial charge in [-0.1, -0.05) is 18.2 Å². The Balaban J connectivity index is 1.87. The van der Waals surface area contributed by atoms with Crippen molar-refractivity contribution in [3.63, 3.8) is 0 Å². The summed E-state index contributed by atoms with van der Waals surface area (Å²) in [4.78, 5) is 16.6. The molecule has 0 spiro atoms. The molecule has 0 saturated carbocycles.